The fourth-order valence-corrected chi connectivity index (χ4v) is 3.95. The molecule has 0 aromatic carbocycles. The maximum absolute atomic E-state index is 12.8. The molecule has 2 saturated heterocycles. The first-order valence-electron chi connectivity index (χ1n) is 9.81. The Balaban J connectivity index is 1.87. The maximum Gasteiger partial charge on any atom is 0.225 e. The second-order valence-electron chi connectivity index (χ2n) is 7.30. The van der Waals surface area contributed by atoms with Crippen molar-refractivity contribution in [3.8, 4) is 0 Å². The molecular formula is C19H33N3O3. The zero-order chi connectivity index (χ0) is 18.4. The average Bonchev–Trinajstić information content (AvgIpc) is 2.88. The standard InChI is InChI=1S/C19H33N3O3/c1-4-16(5-2)18(24)21-9-6-10-22(14-13-21)19(25)17-7-11-20(12-8-17)15(3)23/h16-17H,4-14H2,1-3H3. The fourth-order valence-electron chi connectivity index (χ4n) is 3.95. The molecule has 3 amide bonds. The number of hydrogen-bond acceptors (Lipinski definition) is 3. The number of amides is 3. The molecule has 6 heteroatoms. The summed E-state index contributed by atoms with van der Waals surface area (Å²) in [5.41, 5.74) is 0. The second-order valence-corrected chi connectivity index (χ2v) is 7.30. The van der Waals surface area contributed by atoms with Crippen LogP contribution in [-0.2, 0) is 14.4 Å². The van der Waals surface area contributed by atoms with Crippen molar-refractivity contribution in [2.45, 2.75) is 52.9 Å². The van der Waals surface area contributed by atoms with Gasteiger partial charge in [0.15, 0.2) is 0 Å². The van der Waals surface area contributed by atoms with E-state index in [4.69, 9.17) is 0 Å². The molecule has 0 saturated carbocycles. The summed E-state index contributed by atoms with van der Waals surface area (Å²) in [7, 11) is 0. The van der Waals surface area contributed by atoms with Crippen LogP contribution >= 0.6 is 0 Å². The Morgan fingerprint density at radius 1 is 0.840 bits per heavy atom. The van der Waals surface area contributed by atoms with Crippen molar-refractivity contribution in [1.29, 1.82) is 0 Å². The minimum atomic E-state index is 0.0249. The lowest BCUT2D eigenvalue weighted by atomic mass is 9.95. The lowest BCUT2D eigenvalue weighted by molar-refractivity contribution is -0.140. The van der Waals surface area contributed by atoms with E-state index in [9.17, 15) is 14.4 Å². The van der Waals surface area contributed by atoms with Crippen LogP contribution in [0.5, 0.6) is 0 Å². The van der Waals surface area contributed by atoms with Gasteiger partial charge >= 0.3 is 0 Å². The molecule has 142 valence electrons. The van der Waals surface area contributed by atoms with E-state index in [-0.39, 0.29) is 29.6 Å². The van der Waals surface area contributed by atoms with Gasteiger partial charge in [-0.05, 0) is 32.1 Å². The quantitative estimate of drug-likeness (QED) is 0.775. The van der Waals surface area contributed by atoms with Crippen LogP contribution in [0.4, 0.5) is 0 Å². The monoisotopic (exact) mass is 351 g/mol. The third-order valence-corrected chi connectivity index (χ3v) is 5.74. The molecule has 0 bridgehead atoms. The molecule has 6 nitrogen and oxygen atoms in total. The van der Waals surface area contributed by atoms with E-state index in [0.717, 1.165) is 45.2 Å². The highest BCUT2D eigenvalue weighted by Crippen LogP contribution is 2.21. The maximum atomic E-state index is 12.8. The first-order valence-corrected chi connectivity index (χ1v) is 9.81. The highest BCUT2D eigenvalue weighted by Gasteiger charge is 2.31. The topological polar surface area (TPSA) is 60.9 Å². The minimum Gasteiger partial charge on any atom is -0.343 e. The van der Waals surface area contributed by atoms with Crippen molar-refractivity contribution in [2.24, 2.45) is 11.8 Å². The van der Waals surface area contributed by atoms with Gasteiger partial charge in [-0.25, -0.2) is 0 Å². The minimum absolute atomic E-state index is 0.0249. The molecule has 0 spiro atoms. The third kappa shape index (κ3) is 4.95. The number of nitrogens with zero attached hydrogens (tertiary/aromatic N) is 3. The predicted octanol–water partition coefficient (Wildman–Crippen LogP) is 1.74. The smallest absolute Gasteiger partial charge is 0.225 e. The van der Waals surface area contributed by atoms with E-state index >= 15 is 0 Å². The average molecular weight is 351 g/mol. The molecule has 2 fully saturated rings. The molecule has 0 aliphatic carbocycles. The summed E-state index contributed by atoms with van der Waals surface area (Å²) in [6, 6.07) is 0. The van der Waals surface area contributed by atoms with Gasteiger partial charge in [-0.1, -0.05) is 13.8 Å². The summed E-state index contributed by atoms with van der Waals surface area (Å²) in [6.07, 6.45) is 4.12. The summed E-state index contributed by atoms with van der Waals surface area (Å²) in [4.78, 5) is 42.5. The van der Waals surface area contributed by atoms with Crippen molar-refractivity contribution < 1.29 is 14.4 Å². The van der Waals surface area contributed by atoms with E-state index < -0.39 is 0 Å². The Kier molecular flexibility index (Phi) is 7.26. The van der Waals surface area contributed by atoms with Gasteiger partial charge in [0, 0.05) is 58.0 Å². The Bertz CT molecular complexity index is 482. The lowest BCUT2D eigenvalue weighted by Gasteiger charge is -2.33. The Morgan fingerprint density at radius 2 is 1.40 bits per heavy atom. The highest BCUT2D eigenvalue weighted by atomic mass is 16.2. The van der Waals surface area contributed by atoms with Crippen LogP contribution in [0.2, 0.25) is 0 Å². The molecule has 25 heavy (non-hydrogen) atoms. The molecule has 0 radical (unpaired) electrons. The number of rotatable bonds is 4. The number of carbonyl (C=O) groups excluding carboxylic acids is 3. The molecule has 2 rings (SSSR count). The number of likely N-dealkylation sites (tertiary alicyclic amines) is 1. The zero-order valence-corrected chi connectivity index (χ0v) is 16.0. The molecule has 0 aromatic heterocycles. The first kappa shape index (κ1) is 19.7. The number of hydrogen-bond donors (Lipinski definition) is 0. The third-order valence-electron chi connectivity index (χ3n) is 5.74. The van der Waals surface area contributed by atoms with Crippen LogP contribution in [0, 0.1) is 11.8 Å². The summed E-state index contributed by atoms with van der Waals surface area (Å²) in [5, 5.41) is 0. The van der Waals surface area contributed by atoms with E-state index in [2.05, 4.69) is 13.8 Å². The second kappa shape index (κ2) is 9.20. The highest BCUT2D eigenvalue weighted by molar-refractivity contribution is 5.81. The van der Waals surface area contributed by atoms with Gasteiger partial charge in [0.25, 0.3) is 0 Å². The molecule has 2 aliphatic rings. The van der Waals surface area contributed by atoms with Crippen LogP contribution in [-0.4, -0.2) is 71.7 Å². The van der Waals surface area contributed by atoms with Crippen molar-refractivity contribution >= 4 is 17.7 Å². The summed E-state index contributed by atoms with van der Waals surface area (Å²) in [6.45, 7) is 9.84. The first-order chi connectivity index (χ1) is 12.0. The molecule has 0 atom stereocenters. The van der Waals surface area contributed by atoms with E-state index in [1.165, 1.54) is 0 Å². The van der Waals surface area contributed by atoms with Gasteiger partial charge < -0.3 is 14.7 Å². The van der Waals surface area contributed by atoms with Gasteiger partial charge in [-0.15, -0.1) is 0 Å². The van der Waals surface area contributed by atoms with Crippen LogP contribution in [0.1, 0.15) is 52.9 Å². The lowest BCUT2D eigenvalue weighted by Crippen LogP contribution is -2.45. The molecule has 0 N–H and O–H groups in total. The summed E-state index contributed by atoms with van der Waals surface area (Å²) in [5.74, 6) is 0.681. The fraction of sp³-hybridized carbons (Fsp3) is 0.842. The molecule has 0 aromatic rings. The van der Waals surface area contributed by atoms with Gasteiger partial charge in [0.05, 0.1) is 0 Å². The van der Waals surface area contributed by atoms with E-state index in [1.54, 1.807) is 6.92 Å². The Morgan fingerprint density at radius 3 is 1.96 bits per heavy atom. The molecule has 0 unspecified atom stereocenters. The summed E-state index contributed by atoms with van der Waals surface area (Å²) < 4.78 is 0. The predicted molar refractivity (Wildman–Crippen MR) is 96.8 cm³/mol. The van der Waals surface area contributed by atoms with Gasteiger partial charge in [0.2, 0.25) is 17.7 Å². The largest absolute Gasteiger partial charge is 0.343 e. The number of piperidine rings is 1. The van der Waals surface area contributed by atoms with Gasteiger partial charge in [-0.3, -0.25) is 14.4 Å². The van der Waals surface area contributed by atoms with Gasteiger partial charge in [0.1, 0.15) is 0 Å². The molecule has 2 heterocycles. The number of carbonyl (C=O) groups is 3. The summed E-state index contributed by atoms with van der Waals surface area (Å²) >= 11 is 0. The van der Waals surface area contributed by atoms with E-state index in [1.807, 2.05) is 14.7 Å². The molecular weight excluding hydrogens is 318 g/mol. The van der Waals surface area contributed by atoms with Crippen molar-refractivity contribution in [3.63, 3.8) is 0 Å². The van der Waals surface area contributed by atoms with Crippen molar-refractivity contribution in [2.75, 3.05) is 39.3 Å². The zero-order valence-electron chi connectivity index (χ0n) is 16.0. The van der Waals surface area contributed by atoms with Crippen LogP contribution < -0.4 is 0 Å². The van der Waals surface area contributed by atoms with E-state index in [0.29, 0.717) is 26.2 Å². The Labute approximate surface area is 151 Å². The van der Waals surface area contributed by atoms with Crippen LogP contribution in [0.25, 0.3) is 0 Å². The van der Waals surface area contributed by atoms with Gasteiger partial charge in [-0.2, -0.15) is 0 Å². The molecule has 2 aliphatic heterocycles. The van der Waals surface area contributed by atoms with Crippen LogP contribution in [0.15, 0.2) is 0 Å². The van der Waals surface area contributed by atoms with Crippen molar-refractivity contribution in [1.82, 2.24) is 14.7 Å². The Hall–Kier alpha value is -1.59. The normalized spacial score (nSPS) is 19.9. The SMILES string of the molecule is CCC(CC)C(=O)N1CCCN(C(=O)C2CCN(C(C)=O)CC2)CC1. The van der Waals surface area contributed by atoms with Crippen LogP contribution in [0.3, 0.4) is 0 Å². The van der Waals surface area contributed by atoms with Crippen molar-refractivity contribution in [3.05, 3.63) is 0 Å².